The van der Waals surface area contributed by atoms with E-state index in [-0.39, 0.29) is 5.56 Å². The number of allylic oxidation sites excluding steroid dienone is 1. The van der Waals surface area contributed by atoms with E-state index in [9.17, 15) is 39.9 Å². The molecule has 0 aromatic heterocycles. The zero-order chi connectivity index (χ0) is 27.8. The van der Waals surface area contributed by atoms with Crippen LogP contribution in [0.25, 0.3) is 22.4 Å². The first-order valence-electron chi connectivity index (χ1n) is 12.2. The maximum atomic E-state index is 13.7. The number of Topliss-reactive ketones (excluding diaryl/α,β-unsaturated/α-hetero) is 2. The van der Waals surface area contributed by atoms with E-state index < -0.39 is 75.8 Å². The van der Waals surface area contributed by atoms with Gasteiger partial charge in [-0.3, -0.25) is 14.4 Å². The third kappa shape index (κ3) is 3.30. The fourth-order valence-electron chi connectivity index (χ4n) is 6.16. The Balaban J connectivity index is 1.63. The van der Waals surface area contributed by atoms with Crippen molar-refractivity contribution in [3.05, 3.63) is 100 Å². The van der Waals surface area contributed by atoms with Crippen LogP contribution in [0.5, 0.6) is 5.75 Å². The predicted octanol–water partition coefficient (Wildman–Crippen LogP) is 2.70. The minimum atomic E-state index is -2.90. The van der Waals surface area contributed by atoms with Crippen molar-refractivity contribution >= 4 is 39.9 Å². The van der Waals surface area contributed by atoms with Gasteiger partial charge in [0.1, 0.15) is 22.8 Å². The van der Waals surface area contributed by atoms with Crippen molar-refractivity contribution in [1.29, 1.82) is 0 Å². The Bertz CT molecular complexity index is 1730. The van der Waals surface area contributed by atoms with Crippen molar-refractivity contribution in [2.75, 3.05) is 0 Å². The van der Waals surface area contributed by atoms with Crippen LogP contribution in [0.4, 0.5) is 0 Å². The van der Waals surface area contributed by atoms with Gasteiger partial charge in [0, 0.05) is 18.3 Å². The van der Waals surface area contributed by atoms with E-state index in [2.05, 4.69) is 0 Å². The highest BCUT2D eigenvalue weighted by atomic mass is 16.4. The average molecular weight is 526 g/mol. The number of rotatable bonds is 2. The summed E-state index contributed by atoms with van der Waals surface area (Å²) < 4.78 is 0. The third-order valence-electron chi connectivity index (χ3n) is 7.99. The maximum Gasteiger partial charge on any atom is 0.255 e. The second-order valence-electron chi connectivity index (χ2n) is 10.1. The van der Waals surface area contributed by atoms with Gasteiger partial charge in [0.25, 0.3) is 5.91 Å². The van der Waals surface area contributed by atoms with Crippen LogP contribution in [0.15, 0.2) is 83.3 Å². The molecule has 3 aromatic rings. The molecule has 0 bridgehead atoms. The standard InChI is InChI=1S/C30H23NO8/c31-29(38)23-20(33)12-18-25(34)22-17(11-13-8-9-14-4-1-2-5-15(14)10-13)16-6-3-7-19(32)21(16)26(35)24(22)28(37)30(18,39)27(23)36/h1-11,18,22,25,32-34,37,39H,12H2,(H2,31,38)/b17-11+. The zero-order valence-corrected chi connectivity index (χ0v) is 20.3. The number of carbonyl (C=O) groups is 3. The van der Waals surface area contributed by atoms with Crippen molar-refractivity contribution < 1.29 is 39.9 Å². The molecule has 0 saturated carbocycles. The van der Waals surface area contributed by atoms with Crippen LogP contribution >= 0.6 is 0 Å². The highest BCUT2D eigenvalue weighted by Gasteiger charge is 2.63. The van der Waals surface area contributed by atoms with E-state index in [1.165, 1.54) is 12.1 Å². The van der Waals surface area contributed by atoms with Crippen LogP contribution in [0.1, 0.15) is 27.9 Å². The number of nitrogens with two attached hydrogens (primary N) is 1. The molecule has 0 fully saturated rings. The Morgan fingerprint density at radius 2 is 1.69 bits per heavy atom. The molecule has 0 radical (unpaired) electrons. The minimum Gasteiger partial charge on any atom is -0.511 e. The number of aliphatic hydroxyl groups is 4. The van der Waals surface area contributed by atoms with Gasteiger partial charge >= 0.3 is 0 Å². The monoisotopic (exact) mass is 525 g/mol. The highest BCUT2D eigenvalue weighted by Crippen LogP contribution is 2.55. The lowest BCUT2D eigenvalue weighted by Gasteiger charge is -2.49. The Morgan fingerprint density at radius 3 is 2.41 bits per heavy atom. The Kier molecular flexibility index (Phi) is 5.29. The first-order chi connectivity index (χ1) is 18.6. The van der Waals surface area contributed by atoms with Gasteiger partial charge in [0.15, 0.2) is 11.4 Å². The van der Waals surface area contributed by atoms with E-state index in [1.807, 2.05) is 42.5 Å². The molecule has 1 amide bonds. The van der Waals surface area contributed by atoms with Crippen molar-refractivity contribution in [1.82, 2.24) is 0 Å². The molecular weight excluding hydrogens is 502 g/mol. The molecule has 0 aliphatic heterocycles. The molecule has 0 heterocycles. The average Bonchev–Trinajstić information content (AvgIpc) is 2.90. The van der Waals surface area contributed by atoms with E-state index in [0.29, 0.717) is 16.7 Å². The summed E-state index contributed by atoms with van der Waals surface area (Å²) in [5, 5.41) is 57.5. The van der Waals surface area contributed by atoms with E-state index in [1.54, 1.807) is 12.1 Å². The smallest absolute Gasteiger partial charge is 0.255 e. The van der Waals surface area contributed by atoms with Crippen molar-refractivity contribution in [2.24, 2.45) is 17.6 Å². The SMILES string of the molecule is NC(=O)C1=C(O)CC2C(O)C3C(=C(O)C2(O)C1=O)C(=O)c1c(O)cccc1/C3=C\c1ccc2ccccc2c1. The number of benzene rings is 3. The molecule has 4 atom stereocenters. The number of carbonyl (C=O) groups excluding carboxylic acids is 3. The second-order valence-corrected chi connectivity index (χ2v) is 10.1. The molecular formula is C30H23NO8. The lowest BCUT2D eigenvalue weighted by Crippen LogP contribution is -2.62. The summed E-state index contributed by atoms with van der Waals surface area (Å²) in [7, 11) is 0. The summed E-state index contributed by atoms with van der Waals surface area (Å²) in [6.45, 7) is 0. The topological polar surface area (TPSA) is 178 Å². The molecule has 3 aliphatic carbocycles. The number of amides is 1. The van der Waals surface area contributed by atoms with Gasteiger partial charge in [-0.1, -0.05) is 54.6 Å². The van der Waals surface area contributed by atoms with Gasteiger partial charge in [-0.05, 0) is 39.6 Å². The number of phenolic OH excluding ortho intramolecular Hbond substituents is 1. The number of hydrogen-bond donors (Lipinski definition) is 6. The molecule has 7 N–H and O–H groups in total. The largest absolute Gasteiger partial charge is 0.511 e. The summed E-state index contributed by atoms with van der Waals surface area (Å²) in [5.41, 5.74) is 2.12. The lowest BCUT2D eigenvalue weighted by molar-refractivity contribution is -0.152. The Morgan fingerprint density at radius 1 is 0.974 bits per heavy atom. The number of fused-ring (bicyclic) bond motifs is 4. The van der Waals surface area contributed by atoms with Gasteiger partial charge in [-0.2, -0.15) is 0 Å². The molecule has 6 rings (SSSR count). The van der Waals surface area contributed by atoms with Crippen molar-refractivity contribution in [2.45, 2.75) is 18.1 Å². The Labute approximate surface area is 221 Å². The van der Waals surface area contributed by atoms with Crippen LogP contribution in [0.3, 0.4) is 0 Å². The molecule has 39 heavy (non-hydrogen) atoms. The van der Waals surface area contributed by atoms with Crippen LogP contribution in [0.2, 0.25) is 0 Å². The van der Waals surface area contributed by atoms with E-state index in [0.717, 1.165) is 10.8 Å². The number of primary amides is 1. The molecule has 4 unspecified atom stereocenters. The first-order valence-corrected chi connectivity index (χ1v) is 12.2. The number of hydrogen-bond acceptors (Lipinski definition) is 8. The molecule has 9 nitrogen and oxygen atoms in total. The first kappa shape index (κ1) is 24.6. The maximum absolute atomic E-state index is 13.7. The number of ketones is 2. The second kappa shape index (κ2) is 8.39. The van der Waals surface area contributed by atoms with Crippen molar-refractivity contribution in [3.63, 3.8) is 0 Å². The van der Waals surface area contributed by atoms with Crippen molar-refractivity contribution in [3.8, 4) is 5.75 Å². The Hall–Kier alpha value is -4.73. The number of aromatic hydroxyl groups is 1. The lowest BCUT2D eigenvalue weighted by atomic mass is 9.57. The summed E-state index contributed by atoms with van der Waals surface area (Å²) in [6.07, 6.45) is -0.509. The van der Waals surface area contributed by atoms with E-state index >= 15 is 0 Å². The van der Waals surface area contributed by atoms with Gasteiger partial charge in [-0.25, -0.2) is 0 Å². The quantitative estimate of drug-likeness (QED) is 0.276. The molecule has 0 saturated heterocycles. The normalized spacial score (nSPS) is 27.4. The van der Waals surface area contributed by atoms with Gasteiger partial charge < -0.3 is 31.3 Å². The summed E-state index contributed by atoms with van der Waals surface area (Å²) in [4.78, 5) is 38.8. The van der Waals surface area contributed by atoms with E-state index in [4.69, 9.17) is 5.73 Å². The van der Waals surface area contributed by atoms with Crippen LogP contribution in [0, 0.1) is 11.8 Å². The zero-order valence-electron chi connectivity index (χ0n) is 20.3. The fourth-order valence-corrected chi connectivity index (χ4v) is 6.16. The minimum absolute atomic E-state index is 0.173. The van der Waals surface area contributed by atoms with Gasteiger partial charge in [-0.15, -0.1) is 0 Å². The number of phenols is 1. The molecule has 3 aliphatic rings. The molecule has 3 aromatic carbocycles. The number of aliphatic hydroxyl groups excluding tert-OH is 3. The fraction of sp³-hybridized carbons (Fsp3) is 0.167. The molecule has 0 spiro atoms. The highest BCUT2D eigenvalue weighted by molar-refractivity contribution is 6.25. The summed E-state index contributed by atoms with van der Waals surface area (Å²) >= 11 is 0. The van der Waals surface area contributed by atoms with Gasteiger partial charge in [0.2, 0.25) is 5.78 Å². The summed E-state index contributed by atoms with van der Waals surface area (Å²) in [5.74, 6) is -8.54. The molecule has 9 heteroatoms. The van der Waals surface area contributed by atoms with Gasteiger partial charge in [0.05, 0.1) is 17.2 Å². The van der Waals surface area contributed by atoms with Crippen LogP contribution in [-0.4, -0.2) is 54.7 Å². The summed E-state index contributed by atoms with van der Waals surface area (Å²) in [6, 6.07) is 17.7. The third-order valence-corrected chi connectivity index (χ3v) is 7.99. The van der Waals surface area contributed by atoms with Crippen LogP contribution < -0.4 is 5.73 Å². The van der Waals surface area contributed by atoms with Crippen LogP contribution in [-0.2, 0) is 9.59 Å². The predicted molar refractivity (Wildman–Crippen MR) is 140 cm³/mol. The molecule has 196 valence electrons.